The number of aromatic nitrogens is 2. The molecule has 0 aliphatic carbocycles. The Balaban J connectivity index is 1.00. The largest absolute Gasteiger partial charge is 0.205 e. The quantitative estimate of drug-likeness (QED) is 0.118. The standard InChI is InChI=1S/C34H42N2S2/c1-29-5-9-31(10-6-29)27-33-13-18-35(19-14-33)17-3-23-37-24-4-25-38-26-22-36-20-15-34(16-21-36)28-32-11-7-30(2)8-12-32/h5-16,18-21H,3-4,17,22-28H2,1-2H3/q+2. The van der Waals surface area contributed by atoms with Crippen molar-refractivity contribution in [2.24, 2.45) is 0 Å². The van der Waals surface area contributed by atoms with Crippen molar-refractivity contribution in [3.8, 4) is 0 Å². The molecule has 2 nitrogen and oxygen atoms in total. The molecule has 0 amide bonds. The van der Waals surface area contributed by atoms with Gasteiger partial charge in [0.25, 0.3) is 0 Å². The number of pyridine rings is 2. The number of benzene rings is 2. The van der Waals surface area contributed by atoms with Gasteiger partial charge in [0.15, 0.2) is 31.3 Å². The van der Waals surface area contributed by atoms with E-state index in [4.69, 9.17) is 0 Å². The third kappa shape index (κ3) is 10.3. The molecule has 0 aliphatic rings. The van der Waals surface area contributed by atoms with Crippen LogP contribution in [-0.4, -0.2) is 23.0 Å². The van der Waals surface area contributed by atoms with E-state index in [9.17, 15) is 0 Å². The molecule has 0 atom stereocenters. The van der Waals surface area contributed by atoms with Gasteiger partial charge in [0.2, 0.25) is 0 Å². The first kappa shape index (κ1) is 28.4. The second-order valence-corrected chi connectivity index (χ2v) is 12.6. The van der Waals surface area contributed by atoms with Crippen LogP contribution < -0.4 is 9.13 Å². The summed E-state index contributed by atoms with van der Waals surface area (Å²) < 4.78 is 4.63. The number of rotatable bonds is 15. The van der Waals surface area contributed by atoms with Crippen LogP contribution in [0.15, 0.2) is 97.6 Å². The van der Waals surface area contributed by atoms with Crippen LogP contribution in [0.3, 0.4) is 0 Å². The van der Waals surface area contributed by atoms with E-state index >= 15 is 0 Å². The fraction of sp³-hybridized carbons (Fsp3) is 0.353. The lowest BCUT2D eigenvalue weighted by Gasteiger charge is -2.04. The van der Waals surface area contributed by atoms with Gasteiger partial charge in [-0.2, -0.15) is 23.5 Å². The number of nitrogens with zero attached hydrogens (tertiary/aromatic N) is 2. The first-order chi connectivity index (χ1) is 18.6. The van der Waals surface area contributed by atoms with E-state index in [1.54, 1.807) is 0 Å². The third-order valence-electron chi connectivity index (χ3n) is 6.75. The summed E-state index contributed by atoms with van der Waals surface area (Å²) in [5.74, 6) is 4.96. The van der Waals surface area contributed by atoms with Gasteiger partial charge in [0.05, 0.1) is 5.75 Å². The van der Waals surface area contributed by atoms with Crippen molar-refractivity contribution in [3.05, 3.63) is 131 Å². The highest BCUT2D eigenvalue weighted by molar-refractivity contribution is 8.00. The summed E-state index contributed by atoms with van der Waals surface area (Å²) in [4.78, 5) is 0. The maximum absolute atomic E-state index is 2.32. The molecule has 0 fully saturated rings. The Labute approximate surface area is 238 Å². The molecular weight excluding hydrogens is 501 g/mol. The molecule has 0 N–H and O–H groups in total. The predicted molar refractivity (Wildman–Crippen MR) is 165 cm³/mol. The van der Waals surface area contributed by atoms with Gasteiger partial charge in [-0.15, -0.1) is 0 Å². The zero-order valence-electron chi connectivity index (χ0n) is 23.0. The zero-order valence-corrected chi connectivity index (χ0v) is 24.7. The molecule has 4 heteroatoms. The van der Waals surface area contributed by atoms with Crippen molar-refractivity contribution in [2.45, 2.75) is 52.6 Å². The predicted octanol–water partition coefficient (Wildman–Crippen LogP) is 7.01. The Morgan fingerprint density at radius 2 is 0.842 bits per heavy atom. The second-order valence-electron chi connectivity index (χ2n) is 10.1. The van der Waals surface area contributed by atoms with E-state index in [1.807, 2.05) is 0 Å². The van der Waals surface area contributed by atoms with Gasteiger partial charge >= 0.3 is 0 Å². The molecule has 0 unspecified atom stereocenters. The van der Waals surface area contributed by atoms with Gasteiger partial charge < -0.3 is 0 Å². The van der Waals surface area contributed by atoms with Crippen LogP contribution in [0.25, 0.3) is 0 Å². The molecule has 2 aromatic carbocycles. The Hall–Kier alpha value is -2.56. The third-order valence-corrected chi connectivity index (χ3v) is 8.96. The van der Waals surface area contributed by atoms with Crippen LogP contribution in [0.2, 0.25) is 0 Å². The molecule has 0 saturated heterocycles. The van der Waals surface area contributed by atoms with Gasteiger partial charge in [-0.3, -0.25) is 0 Å². The maximum atomic E-state index is 2.32. The molecule has 0 saturated carbocycles. The monoisotopic (exact) mass is 542 g/mol. The first-order valence-corrected chi connectivity index (χ1v) is 16.2. The van der Waals surface area contributed by atoms with Crippen molar-refractivity contribution in [3.63, 3.8) is 0 Å². The summed E-state index contributed by atoms with van der Waals surface area (Å²) in [5, 5.41) is 0. The number of hydrogen-bond donors (Lipinski definition) is 0. The van der Waals surface area contributed by atoms with Crippen LogP contribution >= 0.6 is 23.5 Å². The van der Waals surface area contributed by atoms with Crippen LogP contribution in [0.4, 0.5) is 0 Å². The minimum Gasteiger partial charge on any atom is -0.205 e. The van der Waals surface area contributed by atoms with Crippen LogP contribution in [0.1, 0.15) is 46.2 Å². The fourth-order valence-electron chi connectivity index (χ4n) is 4.38. The Kier molecular flexibility index (Phi) is 11.8. The molecule has 4 rings (SSSR count). The van der Waals surface area contributed by atoms with Crippen molar-refractivity contribution < 1.29 is 9.13 Å². The summed E-state index contributed by atoms with van der Waals surface area (Å²) >= 11 is 4.19. The fourth-order valence-corrected chi connectivity index (χ4v) is 6.34. The topological polar surface area (TPSA) is 7.76 Å². The van der Waals surface area contributed by atoms with E-state index in [1.165, 1.54) is 69.2 Å². The van der Waals surface area contributed by atoms with Crippen molar-refractivity contribution in [1.82, 2.24) is 0 Å². The van der Waals surface area contributed by atoms with Crippen LogP contribution in [-0.2, 0) is 25.9 Å². The summed E-state index contributed by atoms with van der Waals surface area (Å²) in [6.45, 7) is 6.47. The Morgan fingerprint density at radius 3 is 1.34 bits per heavy atom. The van der Waals surface area contributed by atoms with E-state index in [-0.39, 0.29) is 0 Å². The smallest absolute Gasteiger partial charge is 0.169 e. The summed E-state index contributed by atoms with van der Waals surface area (Å²) in [6.07, 6.45) is 13.5. The minimum absolute atomic E-state index is 1.01. The van der Waals surface area contributed by atoms with Gasteiger partial charge in [0.1, 0.15) is 6.54 Å². The zero-order chi connectivity index (χ0) is 26.4. The lowest BCUT2D eigenvalue weighted by Crippen LogP contribution is -2.34. The summed E-state index contributed by atoms with van der Waals surface area (Å²) in [6, 6.07) is 26.8. The van der Waals surface area contributed by atoms with Gasteiger partial charge in [-0.25, -0.2) is 9.13 Å². The highest BCUT2D eigenvalue weighted by Crippen LogP contribution is 2.12. The molecule has 4 aromatic rings. The molecule has 2 heterocycles. The van der Waals surface area contributed by atoms with Crippen LogP contribution in [0.5, 0.6) is 0 Å². The minimum atomic E-state index is 1.01. The number of aryl methyl sites for hydroxylation is 4. The summed E-state index contributed by atoms with van der Waals surface area (Å²) in [7, 11) is 0. The molecule has 38 heavy (non-hydrogen) atoms. The summed E-state index contributed by atoms with van der Waals surface area (Å²) in [5.41, 5.74) is 8.16. The number of hydrogen-bond acceptors (Lipinski definition) is 2. The van der Waals surface area contributed by atoms with E-state index in [0.717, 1.165) is 25.9 Å². The Morgan fingerprint density at radius 1 is 0.447 bits per heavy atom. The lowest BCUT2D eigenvalue weighted by atomic mass is 10.0. The molecule has 2 aromatic heterocycles. The average molecular weight is 543 g/mol. The second kappa shape index (κ2) is 15.8. The van der Waals surface area contributed by atoms with Crippen molar-refractivity contribution in [2.75, 3.05) is 23.0 Å². The highest BCUT2D eigenvalue weighted by atomic mass is 32.2. The van der Waals surface area contributed by atoms with Crippen molar-refractivity contribution in [1.29, 1.82) is 0 Å². The maximum Gasteiger partial charge on any atom is 0.169 e. The molecule has 0 aliphatic heterocycles. The van der Waals surface area contributed by atoms with E-state index in [2.05, 4.69) is 144 Å². The average Bonchev–Trinajstić information content (AvgIpc) is 2.94. The van der Waals surface area contributed by atoms with E-state index < -0.39 is 0 Å². The van der Waals surface area contributed by atoms with Crippen molar-refractivity contribution >= 4 is 23.5 Å². The van der Waals surface area contributed by atoms with Gasteiger partial charge in [-0.05, 0) is 72.6 Å². The normalized spacial score (nSPS) is 11.1. The molecule has 0 radical (unpaired) electrons. The van der Waals surface area contributed by atoms with Gasteiger partial charge in [0, 0.05) is 30.7 Å². The molecule has 198 valence electrons. The SMILES string of the molecule is Cc1ccc(Cc2cc[n+](CCCSCCCSCC[n+]3ccc(Cc4ccc(C)cc4)cc3)cc2)cc1. The highest BCUT2D eigenvalue weighted by Gasteiger charge is 2.04. The van der Waals surface area contributed by atoms with Gasteiger partial charge in [-0.1, -0.05) is 59.7 Å². The molecular formula is C34H42N2S2+2. The van der Waals surface area contributed by atoms with Crippen LogP contribution in [0, 0.1) is 13.8 Å². The Bertz CT molecular complexity index is 1100. The molecule has 0 spiro atoms. The lowest BCUT2D eigenvalue weighted by molar-refractivity contribution is -0.696. The number of thioether (sulfide) groups is 2. The molecule has 0 bridgehead atoms. The van der Waals surface area contributed by atoms with E-state index in [0.29, 0.717) is 0 Å². The first-order valence-electron chi connectivity index (χ1n) is 13.9.